The maximum absolute atomic E-state index is 10.6. The maximum Gasteiger partial charge on any atom is 0.326 e. The largest absolute Gasteiger partial charge is 0.480 e. The number of likely N-dealkylation sites (tertiary alicyclic amines) is 1. The number of hydrogen-bond donors (Lipinski definition) is 1. The molecule has 0 aromatic rings. The van der Waals surface area contributed by atoms with Gasteiger partial charge in [0.2, 0.25) is 6.41 Å². The van der Waals surface area contributed by atoms with Crippen LogP contribution in [0.5, 0.6) is 0 Å². The standard InChI is InChI=1S/C7H9NO5/c9-3-8-2-5(13-4-10)1-6(8)7(11)12/h3-6H,1-2H2,(H,11,12). The Morgan fingerprint density at radius 1 is 1.54 bits per heavy atom. The predicted octanol–water partition coefficient (Wildman–Crippen LogP) is -1.16. The highest BCUT2D eigenvalue weighted by atomic mass is 16.5. The lowest BCUT2D eigenvalue weighted by molar-refractivity contribution is -0.144. The lowest BCUT2D eigenvalue weighted by Gasteiger charge is -2.13. The van der Waals surface area contributed by atoms with E-state index < -0.39 is 18.1 Å². The van der Waals surface area contributed by atoms with Crippen molar-refractivity contribution in [2.75, 3.05) is 6.54 Å². The van der Waals surface area contributed by atoms with Crippen molar-refractivity contribution in [3.8, 4) is 0 Å². The maximum atomic E-state index is 10.6. The minimum atomic E-state index is -1.08. The van der Waals surface area contributed by atoms with E-state index in [0.717, 1.165) is 4.90 Å². The molecule has 1 N–H and O–H groups in total. The number of nitrogens with zero attached hydrogens (tertiary/aromatic N) is 1. The Kier molecular flexibility index (Phi) is 2.84. The van der Waals surface area contributed by atoms with E-state index in [1.807, 2.05) is 0 Å². The van der Waals surface area contributed by atoms with Gasteiger partial charge in [-0.2, -0.15) is 0 Å². The molecule has 1 heterocycles. The van der Waals surface area contributed by atoms with Crippen LogP contribution in [0.4, 0.5) is 0 Å². The summed E-state index contributed by atoms with van der Waals surface area (Å²) in [6.45, 7) is 0.414. The first-order valence-corrected chi connectivity index (χ1v) is 3.72. The minimum absolute atomic E-state index is 0.152. The summed E-state index contributed by atoms with van der Waals surface area (Å²) in [4.78, 5) is 32.0. The molecule has 2 unspecified atom stereocenters. The Morgan fingerprint density at radius 3 is 2.62 bits per heavy atom. The molecule has 6 heteroatoms. The van der Waals surface area contributed by atoms with E-state index in [0.29, 0.717) is 6.41 Å². The lowest BCUT2D eigenvalue weighted by atomic mass is 10.2. The van der Waals surface area contributed by atoms with E-state index in [-0.39, 0.29) is 19.4 Å². The van der Waals surface area contributed by atoms with E-state index >= 15 is 0 Å². The van der Waals surface area contributed by atoms with Gasteiger partial charge in [0.25, 0.3) is 6.47 Å². The monoisotopic (exact) mass is 187 g/mol. The third-order valence-corrected chi connectivity index (χ3v) is 1.97. The summed E-state index contributed by atoms with van der Waals surface area (Å²) in [5.41, 5.74) is 0. The SMILES string of the molecule is O=COC1CC(C(=O)O)N(C=O)C1. The van der Waals surface area contributed by atoms with Crippen LogP contribution >= 0.6 is 0 Å². The van der Waals surface area contributed by atoms with Crippen LogP contribution in [0, 0.1) is 0 Å². The number of rotatable bonds is 4. The van der Waals surface area contributed by atoms with E-state index in [4.69, 9.17) is 5.11 Å². The van der Waals surface area contributed by atoms with Crippen molar-refractivity contribution in [3.05, 3.63) is 0 Å². The number of amides is 1. The fourth-order valence-corrected chi connectivity index (χ4v) is 1.36. The Morgan fingerprint density at radius 2 is 2.23 bits per heavy atom. The van der Waals surface area contributed by atoms with Crippen molar-refractivity contribution in [2.24, 2.45) is 0 Å². The lowest BCUT2D eigenvalue weighted by Crippen LogP contribution is -2.34. The molecule has 1 saturated heterocycles. The normalized spacial score (nSPS) is 26.9. The summed E-state index contributed by atoms with van der Waals surface area (Å²) in [6.07, 6.45) is 0.114. The summed E-state index contributed by atoms with van der Waals surface area (Å²) in [5.74, 6) is -1.08. The second-order valence-corrected chi connectivity index (χ2v) is 2.75. The van der Waals surface area contributed by atoms with Crippen molar-refractivity contribution < 1.29 is 24.2 Å². The number of carbonyl (C=O) groups is 3. The molecule has 72 valence electrons. The van der Waals surface area contributed by atoms with Gasteiger partial charge in [-0.25, -0.2) is 4.79 Å². The zero-order chi connectivity index (χ0) is 9.84. The molecule has 1 fully saturated rings. The quantitative estimate of drug-likeness (QED) is 0.561. The second kappa shape index (κ2) is 3.88. The van der Waals surface area contributed by atoms with Crippen molar-refractivity contribution in [1.82, 2.24) is 4.90 Å². The molecule has 0 radical (unpaired) electrons. The summed E-state index contributed by atoms with van der Waals surface area (Å²) in [7, 11) is 0. The molecular formula is C7H9NO5. The van der Waals surface area contributed by atoms with Gasteiger partial charge in [0.1, 0.15) is 12.1 Å². The van der Waals surface area contributed by atoms with Gasteiger partial charge in [0, 0.05) is 6.42 Å². The smallest absolute Gasteiger partial charge is 0.326 e. The molecule has 1 amide bonds. The zero-order valence-electron chi connectivity index (χ0n) is 6.75. The first-order chi connectivity index (χ1) is 6.19. The van der Waals surface area contributed by atoms with E-state index in [1.54, 1.807) is 0 Å². The number of carbonyl (C=O) groups excluding carboxylic acids is 2. The molecule has 0 spiro atoms. The van der Waals surface area contributed by atoms with Gasteiger partial charge < -0.3 is 14.7 Å². The van der Waals surface area contributed by atoms with Crippen LogP contribution in [0.15, 0.2) is 0 Å². The van der Waals surface area contributed by atoms with Gasteiger partial charge in [-0.3, -0.25) is 9.59 Å². The van der Waals surface area contributed by atoms with Gasteiger partial charge in [-0.15, -0.1) is 0 Å². The number of aliphatic carboxylic acids is 1. The Bertz CT molecular complexity index is 229. The first kappa shape index (κ1) is 9.50. The molecule has 0 saturated carbocycles. The van der Waals surface area contributed by atoms with Gasteiger partial charge in [-0.1, -0.05) is 0 Å². The fourth-order valence-electron chi connectivity index (χ4n) is 1.36. The third kappa shape index (κ3) is 1.95. The fraction of sp³-hybridized carbons (Fsp3) is 0.571. The van der Waals surface area contributed by atoms with Crippen molar-refractivity contribution in [1.29, 1.82) is 0 Å². The number of carboxylic acid groups (broad SMARTS) is 1. The van der Waals surface area contributed by atoms with Gasteiger partial charge in [-0.05, 0) is 0 Å². The molecular weight excluding hydrogens is 178 g/mol. The number of ether oxygens (including phenoxy) is 1. The first-order valence-electron chi connectivity index (χ1n) is 3.72. The van der Waals surface area contributed by atoms with Gasteiger partial charge in [0.15, 0.2) is 0 Å². The highest BCUT2D eigenvalue weighted by molar-refractivity contribution is 5.77. The minimum Gasteiger partial charge on any atom is -0.480 e. The highest BCUT2D eigenvalue weighted by Crippen LogP contribution is 2.18. The Hall–Kier alpha value is -1.59. The molecule has 1 aliphatic rings. The summed E-state index contributed by atoms with van der Waals surface area (Å²) in [5, 5.41) is 8.66. The van der Waals surface area contributed by atoms with E-state index in [9.17, 15) is 14.4 Å². The summed E-state index contributed by atoms with van der Waals surface area (Å²) in [6, 6.07) is -0.873. The van der Waals surface area contributed by atoms with Crippen molar-refractivity contribution in [3.63, 3.8) is 0 Å². The second-order valence-electron chi connectivity index (χ2n) is 2.75. The molecule has 2 atom stereocenters. The van der Waals surface area contributed by atoms with Crippen LogP contribution in [0.1, 0.15) is 6.42 Å². The van der Waals surface area contributed by atoms with E-state index in [1.165, 1.54) is 0 Å². The Balaban J connectivity index is 2.60. The molecule has 0 bridgehead atoms. The molecule has 0 aromatic heterocycles. The summed E-state index contributed by atoms with van der Waals surface area (Å²) < 4.78 is 4.57. The topological polar surface area (TPSA) is 83.9 Å². The van der Waals surface area contributed by atoms with Crippen LogP contribution < -0.4 is 0 Å². The molecule has 1 rings (SSSR count). The number of carboxylic acids is 1. The summed E-state index contributed by atoms with van der Waals surface area (Å²) >= 11 is 0. The van der Waals surface area contributed by atoms with Crippen molar-refractivity contribution in [2.45, 2.75) is 18.6 Å². The van der Waals surface area contributed by atoms with Crippen LogP contribution in [0.25, 0.3) is 0 Å². The average Bonchev–Trinajstić information content (AvgIpc) is 2.48. The average molecular weight is 187 g/mol. The molecule has 1 aliphatic heterocycles. The van der Waals surface area contributed by atoms with Gasteiger partial charge >= 0.3 is 5.97 Å². The van der Waals surface area contributed by atoms with Gasteiger partial charge in [0.05, 0.1) is 6.54 Å². The predicted molar refractivity (Wildman–Crippen MR) is 39.7 cm³/mol. The highest BCUT2D eigenvalue weighted by Gasteiger charge is 2.36. The molecule has 0 aromatic carbocycles. The van der Waals surface area contributed by atoms with Crippen LogP contribution in [-0.4, -0.2) is 47.5 Å². The third-order valence-electron chi connectivity index (χ3n) is 1.97. The van der Waals surface area contributed by atoms with Crippen LogP contribution in [-0.2, 0) is 19.1 Å². The Labute approximate surface area is 74.1 Å². The van der Waals surface area contributed by atoms with Crippen molar-refractivity contribution >= 4 is 18.9 Å². The number of hydrogen-bond acceptors (Lipinski definition) is 4. The van der Waals surface area contributed by atoms with Crippen LogP contribution in [0.3, 0.4) is 0 Å². The zero-order valence-corrected chi connectivity index (χ0v) is 6.75. The van der Waals surface area contributed by atoms with E-state index in [2.05, 4.69) is 4.74 Å². The van der Waals surface area contributed by atoms with Crippen LogP contribution in [0.2, 0.25) is 0 Å². The molecule has 6 nitrogen and oxygen atoms in total. The molecule has 13 heavy (non-hydrogen) atoms. The molecule has 0 aliphatic carbocycles.